The molecule has 1 heterocycles. The van der Waals surface area contributed by atoms with E-state index in [9.17, 15) is 0 Å². The average molecular weight is 253 g/mol. The first kappa shape index (κ1) is 9.45. The number of hydrogen-bond donors (Lipinski definition) is 0. The molecule has 0 amide bonds. The molecule has 0 aromatic heterocycles. The van der Waals surface area contributed by atoms with E-state index in [1.165, 1.54) is 0 Å². The predicted molar refractivity (Wildman–Crippen MR) is 56.2 cm³/mol. The van der Waals surface area contributed by atoms with Gasteiger partial charge < -0.3 is 0 Å². The van der Waals surface area contributed by atoms with Crippen LogP contribution in [-0.4, -0.2) is 5.33 Å². The monoisotopic (exact) mass is 252 g/mol. The van der Waals surface area contributed by atoms with Crippen LogP contribution < -0.4 is 0 Å². The van der Waals surface area contributed by atoms with E-state index in [0.717, 1.165) is 17.3 Å². The highest BCUT2D eigenvalue weighted by Gasteiger charge is 2.34. The lowest BCUT2D eigenvalue weighted by molar-refractivity contribution is 0.452. The van der Waals surface area contributed by atoms with Crippen LogP contribution in [0.25, 0.3) is 0 Å². The molecule has 1 aromatic rings. The van der Waals surface area contributed by atoms with Crippen molar-refractivity contribution in [2.24, 2.45) is 20.7 Å². The lowest BCUT2D eigenvalue weighted by Crippen LogP contribution is -2.18. The molecular formula is C9H9BrN4. The van der Waals surface area contributed by atoms with Crippen molar-refractivity contribution in [3.8, 4) is 0 Å². The summed E-state index contributed by atoms with van der Waals surface area (Å²) < 4.78 is 0. The molecule has 0 radical (unpaired) electrons. The zero-order valence-electron chi connectivity index (χ0n) is 7.47. The summed E-state index contributed by atoms with van der Waals surface area (Å²) in [6.07, 6.45) is 0.768. The highest BCUT2D eigenvalue weighted by atomic mass is 79.9. The molecule has 5 heteroatoms. The molecule has 0 bridgehead atoms. The van der Waals surface area contributed by atoms with Gasteiger partial charge in [0.25, 0.3) is 0 Å². The number of hydrogen-bond acceptors (Lipinski definition) is 4. The first-order chi connectivity index (χ1) is 6.87. The van der Waals surface area contributed by atoms with Gasteiger partial charge in [-0.05, 0) is 10.4 Å². The van der Waals surface area contributed by atoms with Crippen LogP contribution in [0.2, 0.25) is 0 Å². The smallest absolute Gasteiger partial charge is 0.130 e. The molecule has 0 unspecified atom stereocenters. The highest BCUT2D eigenvalue weighted by molar-refractivity contribution is 9.09. The normalized spacial score (nSPS) is 17.5. The van der Waals surface area contributed by atoms with Crippen molar-refractivity contribution in [1.82, 2.24) is 0 Å². The van der Waals surface area contributed by atoms with Crippen molar-refractivity contribution in [2.45, 2.75) is 12.1 Å². The van der Waals surface area contributed by atoms with E-state index in [4.69, 9.17) is 0 Å². The molecule has 0 aliphatic carbocycles. The Morgan fingerprint density at radius 1 is 1.07 bits per heavy atom. The van der Waals surface area contributed by atoms with Crippen molar-refractivity contribution >= 4 is 15.9 Å². The van der Waals surface area contributed by atoms with Gasteiger partial charge in [0.2, 0.25) is 5.66 Å². The third-order valence-electron chi connectivity index (χ3n) is 2.14. The molecule has 0 N–H and O–H groups in total. The van der Waals surface area contributed by atoms with Crippen molar-refractivity contribution in [3.63, 3.8) is 0 Å². The molecular weight excluding hydrogens is 244 g/mol. The number of alkyl halides is 1. The first-order valence-electron chi connectivity index (χ1n) is 4.33. The van der Waals surface area contributed by atoms with Crippen molar-refractivity contribution in [1.29, 1.82) is 0 Å². The van der Waals surface area contributed by atoms with E-state index in [1.54, 1.807) is 0 Å². The Bertz CT molecular complexity index is 348. The Hall–Kier alpha value is -1.10. The minimum Gasteiger partial charge on any atom is -0.130 e. The topological polar surface area (TPSA) is 49.4 Å². The van der Waals surface area contributed by atoms with Crippen LogP contribution in [0.15, 0.2) is 51.0 Å². The summed E-state index contributed by atoms with van der Waals surface area (Å²) in [5, 5.41) is 16.2. The maximum atomic E-state index is 4.09. The number of halogens is 1. The van der Waals surface area contributed by atoms with Gasteiger partial charge in [0, 0.05) is 17.3 Å². The second-order valence-corrected chi connectivity index (χ2v) is 3.79. The van der Waals surface area contributed by atoms with Crippen LogP contribution >= 0.6 is 15.9 Å². The third-order valence-corrected chi connectivity index (χ3v) is 2.54. The van der Waals surface area contributed by atoms with Crippen molar-refractivity contribution < 1.29 is 0 Å². The van der Waals surface area contributed by atoms with Gasteiger partial charge >= 0.3 is 0 Å². The summed E-state index contributed by atoms with van der Waals surface area (Å²) in [7, 11) is 0. The lowest BCUT2D eigenvalue weighted by atomic mass is 9.99. The predicted octanol–water partition coefficient (Wildman–Crippen LogP) is 3.46. The van der Waals surface area contributed by atoms with E-state index in [0.29, 0.717) is 0 Å². The maximum Gasteiger partial charge on any atom is 0.221 e. The van der Waals surface area contributed by atoms with Gasteiger partial charge in [-0.3, -0.25) is 0 Å². The van der Waals surface area contributed by atoms with Crippen LogP contribution in [-0.2, 0) is 5.66 Å². The van der Waals surface area contributed by atoms with Crippen LogP contribution in [0.3, 0.4) is 0 Å². The summed E-state index contributed by atoms with van der Waals surface area (Å²) in [5.41, 5.74) is 0.439. The van der Waals surface area contributed by atoms with Gasteiger partial charge in [-0.1, -0.05) is 46.3 Å². The molecule has 0 spiro atoms. The van der Waals surface area contributed by atoms with Gasteiger partial charge in [0.1, 0.15) is 0 Å². The number of benzene rings is 1. The molecule has 1 aliphatic heterocycles. The maximum absolute atomic E-state index is 4.09. The van der Waals surface area contributed by atoms with E-state index >= 15 is 0 Å². The fourth-order valence-electron chi connectivity index (χ4n) is 1.40. The summed E-state index contributed by atoms with van der Waals surface area (Å²) >= 11 is 3.39. The van der Waals surface area contributed by atoms with E-state index in [2.05, 4.69) is 36.6 Å². The van der Waals surface area contributed by atoms with Gasteiger partial charge in [0.15, 0.2) is 0 Å². The van der Waals surface area contributed by atoms with Gasteiger partial charge in [-0.25, -0.2) is 0 Å². The molecule has 0 saturated carbocycles. The zero-order chi connectivity index (χ0) is 9.86. The van der Waals surface area contributed by atoms with Crippen molar-refractivity contribution in [3.05, 3.63) is 35.9 Å². The van der Waals surface area contributed by atoms with Crippen LogP contribution in [0.1, 0.15) is 12.0 Å². The first-order valence-corrected chi connectivity index (χ1v) is 5.45. The molecule has 1 aliphatic rings. The van der Waals surface area contributed by atoms with Crippen LogP contribution in [0.5, 0.6) is 0 Å². The van der Waals surface area contributed by atoms with Gasteiger partial charge in [-0.15, -0.1) is 10.2 Å². The van der Waals surface area contributed by atoms with Crippen molar-refractivity contribution in [2.75, 3.05) is 5.33 Å². The Kier molecular flexibility index (Phi) is 2.67. The molecule has 4 nitrogen and oxygen atoms in total. The van der Waals surface area contributed by atoms with E-state index in [1.807, 2.05) is 30.3 Å². The largest absolute Gasteiger partial charge is 0.221 e. The quantitative estimate of drug-likeness (QED) is 0.741. The molecule has 14 heavy (non-hydrogen) atoms. The zero-order valence-corrected chi connectivity index (χ0v) is 9.05. The Balaban J connectivity index is 2.37. The SMILES string of the molecule is BrCCC1(c2ccccc2)N=NN=N1. The fourth-order valence-corrected chi connectivity index (χ4v) is 1.96. The summed E-state index contributed by atoms with van der Waals surface area (Å²) in [5.74, 6) is 0. The van der Waals surface area contributed by atoms with Crippen LogP contribution in [0.4, 0.5) is 0 Å². The van der Waals surface area contributed by atoms with Gasteiger partial charge in [0.05, 0.1) is 0 Å². The number of rotatable bonds is 3. The standard InChI is InChI=1S/C9H9BrN4/c10-7-6-9(11-13-14-12-9)8-4-2-1-3-5-8/h1-5H,6-7H2. The molecule has 72 valence electrons. The minimum absolute atomic E-state index is 0.592. The molecule has 0 saturated heterocycles. The molecule has 1 aromatic carbocycles. The lowest BCUT2D eigenvalue weighted by Gasteiger charge is -2.18. The third kappa shape index (κ3) is 1.59. The highest BCUT2D eigenvalue weighted by Crippen LogP contribution is 2.35. The van der Waals surface area contributed by atoms with Crippen LogP contribution in [0, 0.1) is 0 Å². The second kappa shape index (κ2) is 3.96. The Labute approximate surface area is 90.3 Å². The second-order valence-electron chi connectivity index (χ2n) is 3.00. The minimum atomic E-state index is -0.592. The van der Waals surface area contributed by atoms with Gasteiger partial charge in [-0.2, -0.15) is 0 Å². The summed E-state index contributed by atoms with van der Waals surface area (Å²) in [6.45, 7) is 0. The molecule has 0 atom stereocenters. The summed E-state index contributed by atoms with van der Waals surface area (Å²) in [4.78, 5) is 0. The Morgan fingerprint density at radius 2 is 1.71 bits per heavy atom. The molecule has 2 rings (SSSR count). The Morgan fingerprint density at radius 3 is 2.29 bits per heavy atom. The van der Waals surface area contributed by atoms with E-state index in [-0.39, 0.29) is 0 Å². The van der Waals surface area contributed by atoms with E-state index < -0.39 is 5.66 Å². The fraction of sp³-hybridized carbons (Fsp3) is 0.333. The summed E-state index contributed by atoms with van der Waals surface area (Å²) in [6, 6.07) is 9.88. The average Bonchev–Trinajstić information content (AvgIpc) is 2.70. The number of nitrogens with zero attached hydrogens (tertiary/aromatic N) is 4. The molecule has 0 fully saturated rings.